The maximum atomic E-state index is 14.1. The average molecular weight is 611 g/mol. The topological polar surface area (TPSA) is 54.0 Å². The largest absolute Gasteiger partial charge is 0.497 e. The van der Waals surface area contributed by atoms with Crippen molar-refractivity contribution in [3.05, 3.63) is 107 Å². The van der Waals surface area contributed by atoms with Crippen LogP contribution in [0.5, 0.6) is 23.0 Å². The van der Waals surface area contributed by atoms with Gasteiger partial charge in [-0.25, -0.2) is 4.21 Å². The number of aryl methyl sites for hydroxylation is 4. The first kappa shape index (κ1) is 30.4. The molecule has 6 bridgehead atoms. The molecule has 230 valence electrons. The van der Waals surface area contributed by atoms with E-state index < -0.39 is 10.8 Å². The fourth-order valence-corrected chi connectivity index (χ4v) is 8.02. The maximum absolute atomic E-state index is 14.1. The first-order chi connectivity index (χ1) is 21.4. The van der Waals surface area contributed by atoms with Gasteiger partial charge in [0.15, 0.2) is 11.5 Å². The van der Waals surface area contributed by atoms with E-state index in [1.165, 1.54) is 23.1 Å². The van der Waals surface area contributed by atoms with E-state index in [4.69, 9.17) is 18.9 Å². The third kappa shape index (κ3) is 6.57. The van der Waals surface area contributed by atoms with Crippen LogP contribution in [0.2, 0.25) is 0 Å². The zero-order valence-electron chi connectivity index (χ0n) is 26.1. The Balaban J connectivity index is 1.45. The molecule has 0 spiro atoms. The first-order valence-corrected chi connectivity index (χ1v) is 16.8. The lowest BCUT2D eigenvalue weighted by Crippen LogP contribution is -2.30. The third-order valence-corrected chi connectivity index (χ3v) is 10.8. The molecule has 4 unspecified atom stereocenters. The van der Waals surface area contributed by atoms with Crippen molar-refractivity contribution in [1.29, 1.82) is 0 Å². The van der Waals surface area contributed by atoms with Gasteiger partial charge in [0.1, 0.15) is 11.5 Å². The molecule has 4 aromatic rings. The van der Waals surface area contributed by atoms with E-state index in [1.807, 2.05) is 56.5 Å². The highest BCUT2D eigenvalue weighted by molar-refractivity contribution is 7.85. The molecule has 4 heterocycles. The van der Waals surface area contributed by atoms with Crippen LogP contribution in [0.4, 0.5) is 0 Å². The predicted octanol–water partition coefficient (Wildman–Crippen LogP) is 8.60. The molecule has 0 aromatic heterocycles. The van der Waals surface area contributed by atoms with Crippen molar-refractivity contribution >= 4 is 10.8 Å². The second-order valence-corrected chi connectivity index (χ2v) is 13.6. The minimum absolute atomic E-state index is 0.178. The van der Waals surface area contributed by atoms with Gasteiger partial charge in [0.2, 0.25) is 0 Å². The van der Waals surface area contributed by atoms with Crippen LogP contribution in [0.3, 0.4) is 0 Å². The second-order valence-electron chi connectivity index (χ2n) is 12.1. The van der Waals surface area contributed by atoms with Crippen LogP contribution in [0, 0.1) is 12.8 Å². The van der Waals surface area contributed by atoms with Crippen molar-refractivity contribution in [3.63, 3.8) is 0 Å². The van der Waals surface area contributed by atoms with Crippen LogP contribution < -0.4 is 14.2 Å². The van der Waals surface area contributed by atoms with E-state index in [0.717, 1.165) is 60.3 Å². The van der Waals surface area contributed by atoms with Gasteiger partial charge in [-0.3, -0.25) is 0 Å². The molecule has 1 fully saturated rings. The lowest BCUT2D eigenvalue weighted by Gasteiger charge is -2.37. The molecule has 5 aliphatic rings. The van der Waals surface area contributed by atoms with Gasteiger partial charge in [-0.1, -0.05) is 35.9 Å². The average Bonchev–Trinajstić information content (AvgIpc) is 3.06. The highest BCUT2D eigenvalue weighted by Crippen LogP contribution is 2.43. The summed E-state index contributed by atoms with van der Waals surface area (Å²) in [5.41, 5.74) is 6.09. The first-order valence-electron chi connectivity index (χ1n) is 15.6. The Kier molecular flexibility index (Phi) is 9.39. The molecule has 4 aromatic carbocycles. The quantitative estimate of drug-likeness (QED) is 0.227. The van der Waals surface area contributed by atoms with Gasteiger partial charge < -0.3 is 18.9 Å². The van der Waals surface area contributed by atoms with Gasteiger partial charge in [0.05, 0.1) is 36.0 Å². The smallest absolute Gasteiger partial charge is 0.169 e. The fourth-order valence-electron chi connectivity index (χ4n) is 6.83. The number of ether oxygens (including phenoxy) is 4. The highest BCUT2D eigenvalue weighted by atomic mass is 32.2. The molecule has 44 heavy (non-hydrogen) atoms. The van der Waals surface area contributed by atoms with Crippen molar-refractivity contribution in [2.24, 2.45) is 5.92 Å². The Labute approximate surface area is 264 Å². The van der Waals surface area contributed by atoms with Crippen LogP contribution in [0.1, 0.15) is 59.4 Å². The minimum atomic E-state index is -1.43. The molecule has 4 aliphatic heterocycles. The lowest BCUT2D eigenvalue weighted by atomic mass is 9.73. The van der Waals surface area contributed by atoms with Gasteiger partial charge in [0.25, 0.3) is 0 Å². The van der Waals surface area contributed by atoms with Crippen molar-refractivity contribution in [1.82, 2.24) is 0 Å². The minimum Gasteiger partial charge on any atom is -0.497 e. The number of rotatable bonds is 5. The van der Waals surface area contributed by atoms with E-state index in [1.54, 1.807) is 14.2 Å². The van der Waals surface area contributed by atoms with E-state index in [2.05, 4.69) is 36.4 Å². The molecular formula is C38H42O5S. The zero-order chi connectivity index (χ0) is 30.6. The molecule has 9 rings (SSSR count). The molecule has 0 saturated heterocycles. The Bertz CT molecular complexity index is 1630. The molecule has 4 atom stereocenters. The monoisotopic (exact) mass is 610 g/mol. The maximum Gasteiger partial charge on any atom is 0.169 e. The van der Waals surface area contributed by atoms with Crippen LogP contribution in [0.15, 0.2) is 88.7 Å². The van der Waals surface area contributed by atoms with Gasteiger partial charge in [-0.05, 0) is 129 Å². The van der Waals surface area contributed by atoms with Crippen LogP contribution in [-0.2, 0) is 34.8 Å². The van der Waals surface area contributed by atoms with Gasteiger partial charge in [0, 0.05) is 17.9 Å². The summed E-state index contributed by atoms with van der Waals surface area (Å²) >= 11 is 0. The lowest BCUT2D eigenvalue weighted by molar-refractivity contribution is 0.0307. The fraction of sp³-hybridized carbons (Fsp3) is 0.368. The van der Waals surface area contributed by atoms with Crippen molar-refractivity contribution in [2.75, 3.05) is 21.3 Å². The molecule has 0 N–H and O–H groups in total. The van der Waals surface area contributed by atoms with Crippen LogP contribution >= 0.6 is 0 Å². The highest BCUT2D eigenvalue weighted by Gasteiger charge is 2.33. The summed E-state index contributed by atoms with van der Waals surface area (Å²) in [7, 11) is 3.81. The molecule has 6 heteroatoms. The summed E-state index contributed by atoms with van der Waals surface area (Å²) < 4.78 is 38.1. The van der Waals surface area contributed by atoms with E-state index in [0.29, 0.717) is 34.0 Å². The normalized spacial score (nSPS) is 20.6. The number of hydrogen-bond acceptors (Lipinski definition) is 5. The van der Waals surface area contributed by atoms with Gasteiger partial charge in [-0.15, -0.1) is 0 Å². The van der Waals surface area contributed by atoms with E-state index >= 15 is 0 Å². The molecule has 5 nitrogen and oxygen atoms in total. The van der Waals surface area contributed by atoms with Crippen molar-refractivity contribution < 1.29 is 23.2 Å². The molecule has 0 radical (unpaired) electrons. The molecule has 0 amide bonds. The standard InChI is InChI=1S/C38H42O5S/c1-25-5-15-31(16-6-25)44(39)38-23-28-9-13-29-24-30(40-2)14-18-32(29)33-17-10-26(21-36(33)42-4)7-8-27-11-19-34(41-3)37(22-27)43-35(38)20-12-28/h5-6,11-12,14-16,18-20,22-24,26,33,36H,7-10,13,17,21H2,1-4H3. The Hall–Kier alpha value is -3.61. The summed E-state index contributed by atoms with van der Waals surface area (Å²) in [5, 5.41) is 0. The second kappa shape index (κ2) is 13.6. The SMILES string of the molecule is COc1ccc2c(c1)CCc1ccc(c(S(=O)c3ccc(C)cc3)c1)Oc1cc(ccc1OC)CCC1CCC2C(OC)C1. The van der Waals surface area contributed by atoms with Gasteiger partial charge >= 0.3 is 0 Å². The third-order valence-electron chi connectivity index (χ3n) is 9.37. The number of benzene rings is 4. The van der Waals surface area contributed by atoms with Crippen LogP contribution in [-0.4, -0.2) is 31.6 Å². The Morgan fingerprint density at radius 2 is 1.55 bits per heavy atom. The molecule has 1 saturated carbocycles. The summed E-state index contributed by atoms with van der Waals surface area (Å²) in [5.74, 6) is 3.69. The van der Waals surface area contributed by atoms with E-state index in [-0.39, 0.29) is 6.10 Å². The predicted molar refractivity (Wildman–Crippen MR) is 175 cm³/mol. The van der Waals surface area contributed by atoms with E-state index in [9.17, 15) is 4.21 Å². The Morgan fingerprint density at radius 3 is 2.32 bits per heavy atom. The van der Waals surface area contributed by atoms with Crippen molar-refractivity contribution in [2.45, 2.75) is 73.7 Å². The number of hydrogen-bond donors (Lipinski definition) is 0. The van der Waals surface area contributed by atoms with Crippen molar-refractivity contribution in [3.8, 4) is 23.0 Å². The zero-order valence-corrected chi connectivity index (χ0v) is 27.0. The number of methoxy groups -OCH3 is 3. The molecule has 1 aliphatic carbocycles. The summed E-state index contributed by atoms with van der Waals surface area (Å²) in [6.45, 7) is 2.04. The van der Waals surface area contributed by atoms with Gasteiger partial charge in [-0.2, -0.15) is 0 Å². The summed E-state index contributed by atoms with van der Waals surface area (Å²) in [6, 6.07) is 26.7. The Morgan fingerprint density at radius 1 is 0.750 bits per heavy atom. The molecular weight excluding hydrogens is 568 g/mol. The summed E-state index contributed by atoms with van der Waals surface area (Å²) in [4.78, 5) is 1.40. The summed E-state index contributed by atoms with van der Waals surface area (Å²) in [6.07, 6.45) is 7.20. The van der Waals surface area contributed by atoms with Crippen LogP contribution in [0.25, 0.3) is 0 Å².